The minimum Gasteiger partial charge on any atom is -0.481 e. The molecule has 0 saturated carbocycles. The van der Waals surface area contributed by atoms with Gasteiger partial charge in [-0.25, -0.2) is 0 Å². The Morgan fingerprint density at radius 3 is 2.67 bits per heavy atom. The summed E-state index contributed by atoms with van der Waals surface area (Å²) in [5.74, 6) is -1.51. The van der Waals surface area contributed by atoms with E-state index in [-0.39, 0.29) is 18.9 Å². The van der Waals surface area contributed by atoms with Crippen LogP contribution in [-0.2, 0) is 14.3 Å². The van der Waals surface area contributed by atoms with Crippen LogP contribution in [0.2, 0.25) is 0 Å². The highest BCUT2D eigenvalue weighted by Gasteiger charge is 2.10. The fourth-order valence-electron chi connectivity index (χ4n) is 1.02. The molecular weight excluding hydrogens is 198 g/mol. The van der Waals surface area contributed by atoms with Crippen LogP contribution in [0.3, 0.4) is 0 Å². The minimum absolute atomic E-state index is 0.0993. The first-order valence-corrected chi connectivity index (χ1v) is 4.84. The maximum atomic E-state index is 11.0. The van der Waals surface area contributed by atoms with Gasteiger partial charge in [-0.05, 0) is 19.8 Å². The van der Waals surface area contributed by atoms with Crippen molar-refractivity contribution in [1.82, 2.24) is 0 Å². The number of nitrogens with zero attached hydrogens (tertiary/aromatic N) is 1. The highest BCUT2D eigenvalue weighted by molar-refractivity contribution is 5.76. The number of hydrogen-bond donors (Lipinski definition) is 1. The third-order valence-corrected chi connectivity index (χ3v) is 1.77. The Morgan fingerprint density at radius 2 is 2.13 bits per heavy atom. The smallest absolute Gasteiger partial charge is 0.306 e. The first kappa shape index (κ1) is 13.4. The molecule has 0 rings (SSSR count). The molecule has 0 saturated heterocycles. The molecule has 1 atom stereocenters. The van der Waals surface area contributed by atoms with Crippen LogP contribution in [0.5, 0.6) is 0 Å². The standard InChI is InChI=1S/C10H15NO4/c1-8(4-2-3-7-11)15-10(14)6-5-9(12)13/h8H,2-6H2,1H3,(H,12,13). The second-order valence-electron chi connectivity index (χ2n) is 3.24. The van der Waals surface area contributed by atoms with Gasteiger partial charge in [0.1, 0.15) is 0 Å². The van der Waals surface area contributed by atoms with Gasteiger partial charge in [0.15, 0.2) is 0 Å². The summed E-state index contributed by atoms with van der Waals surface area (Å²) in [6.45, 7) is 1.73. The number of hydrogen-bond acceptors (Lipinski definition) is 4. The number of carboxylic acid groups (broad SMARTS) is 1. The van der Waals surface area contributed by atoms with E-state index in [1.807, 2.05) is 6.07 Å². The summed E-state index contributed by atoms with van der Waals surface area (Å²) in [7, 11) is 0. The molecule has 0 aromatic carbocycles. The largest absolute Gasteiger partial charge is 0.481 e. The molecule has 1 unspecified atom stereocenters. The highest BCUT2D eigenvalue weighted by Crippen LogP contribution is 2.05. The van der Waals surface area contributed by atoms with Gasteiger partial charge in [0.25, 0.3) is 0 Å². The van der Waals surface area contributed by atoms with Crippen LogP contribution >= 0.6 is 0 Å². The van der Waals surface area contributed by atoms with Crippen molar-refractivity contribution in [2.75, 3.05) is 0 Å². The number of nitriles is 1. The molecule has 1 N–H and O–H groups in total. The monoisotopic (exact) mass is 213 g/mol. The molecule has 0 bridgehead atoms. The lowest BCUT2D eigenvalue weighted by Crippen LogP contribution is -2.15. The zero-order valence-corrected chi connectivity index (χ0v) is 8.73. The Hall–Kier alpha value is -1.57. The number of esters is 1. The summed E-state index contributed by atoms with van der Waals surface area (Å²) in [6, 6.07) is 2.00. The summed E-state index contributed by atoms with van der Waals surface area (Å²) in [5, 5.41) is 16.6. The topological polar surface area (TPSA) is 87.4 Å². The second kappa shape index (κ2) is 7.80. The summed E-state index contributed by atoms with van der Waals surface area (Å²) in [5.41, 5.74) is 0. The van der Waals surface area contributed by atoms with Crippen LogP contribution in [-0.4, -0.2) is 23.1 Å². The normalized spacial score (nSPS) is 11.5. The zero-order chi connectivity index (χ0) is 11.7. The van der Waals surface area contributed by atoms with Crippen molar-refractivity contribution in [3.05, 3.63) is 0 Å². The average molecular weight is 213 g/mol. The molecule has 0 aromatic rings. The van der Waals surface area contributed by atoms with E-state index in [9.17, 15) is 9.59 Å². The Labute approximate surface area is 88.6 Å². The lowest BCUT2D eigenvalue weighted by Gasteiger charge is -2.11. The van der Waals surface area contributed by atoms with Crippen molar-refractivity contribution in [3.8, 4) is 6.07 Å². The van der Waals surface area contributed by atoms with E-state index >= 15 is 0 Å². The number of carboxylic acids is 1. The Morgan fingerprint density at radius 1 is 1.47 bits per heavy atom. The molecule has 84 valence electrons. The lowest BCUT2D eigenvalue weighted by atomic mass is 10.2. The first-order valence-electron chi connectivity index (χ1n) is 4.84. The summed E-state index contributed by atoms with van der Waals surface area (Å²) in [6.07, 6.45) is 1.20. The number of ether oxygens (including phenoxy) is 1. The van der Waals surface area contributed by atoms with E-state index in [0.29, 0.717) is 19.3 Å². The van der Waals surface area contributed by atoms with Crippen molar-refractivity contribution >= 4 is 11.9 Å². The maximum absolute atomic E-state index is 11.0. The number of aliphatic carboxylic acids is 1. The van der Waals surface area contributed by atoms with Crippen molar-refractivity contribution in [2.45, 2.75) is 45.1 Å². The van der Waals surface area contributed by atoms with Crippen LogP contribution in [0, 0.1) is 11.3 Å². The summed E-state index contributed by atoms with van der Waals surface area (Å²) < 4.78 is 4.94. The predicted octanol–water partition coefficient (Wildman–Crippen LogP) is 1.48. The van der Waals surface area contributed by atoms with Gasteiger partial charge in [0, 0.05) is 6.42 Å². The van der Waals surface area contributed by atoms with Crippen LogP contribution in [0.4, 0.5) is 0 Å². The van der Waals surface area contributed by atoms with Gasteiger partial charge in [-0.2, -0.15) is 5.26 Å². The average Bonchev–Trinajstić information content (AvgIpc) is 2.15. The third-order valence-electron chi connectivity index (χ3n) is 1.77. The highest BCUT2D eigenvalue weighted by atomic mass is 16.5. The number of carbonyl (C=O) groups excluding carboxylic acids is 1. The minimum atomic E-state index is -1.01. The van der Waals surface area contributed by atoms with Crippen LogP contribution < -0.4 is 0 Å². The molecule has 0 spiro atoms. The van der Waals surface area contributed by atoms with Gasteiger partial charge in [0.2, 0.25) is 0 Å². The predicted molar refractivity (Wildman–Crippen MR) is 51.9 cm³/mol. The van der Waals surface area contributed by atoms with Crippen LogP contribution in [0.1, 0.15) is 39.0 Å². The molecule has 0 amide bonds. The van der Waals surface area contributed by atoms with E-state index in [4.69, 9.17) is 15.1 Å². The SMILES string of the molecule is CC(CCCC#N)OC(=O)CCC(=O)O. The van der Waals surface area contributed by atoms with Crippen molar-refractivity contribution < 1.29 is 19.4 Å². The van der Waals surface area contributed by atoms with E-state index in [1.54, 1.807) is 6.92 Å². The molecule has 5 heteroatoms. The molecule has 0 aliphatic rings. The van der Waals surface area contributed by atoms with Crippen LogP contribution in [0.15, 0.2) is 0 Å². The Bertz CT molecular complexity index is 257. The fourth-order valence-corrected chi connectivity index (χ4v) is 1.02. The Balaban J connectivity index is 3.58. The molecule has 15 heavy (non-hydrogen) atoms. The summed E-state index contributed by atoms with van der Waals surface area (Å²) in [4.78, 5) is 21.2. The molecule has 0 heterocycles. The summed E-state index contributed by atoms with van der Waals surface area (Å²) >= 11 is 0. The molecule has 0 aromatic heterocycles. The Kier molecular flexibility index (Phi) is 6.98. The molecule has 0 aliphatic carbocycles. The van der Waals surface area contributed by atoms with Gasteiger partial charge in [-0.15, -0.1) is 0 Å². The number of unbranched alkanes of at least 4 members (excludes halogenated alkanes) is 1. The van der Waals surface area contributed by atoms with E-state index in [2.05, 4.69) is 0 Å². The molecule has 0 fully saturated rings. The van der Waals surface area contributed by atoms with Gasteiger partial charge < -0.3 is 9.84 Å². The van der Waals surface area contributed by atoms with Gasteiger partial charge in [0.05, 0.1) is 25.0 Å². The van der Waals surface area contributed by atoms with Gasteiger partial charge in [-0.3, -0.25) is 9.59 Å². The molecule has 0 aliphatic heterocycles. The molecule has 0 radical (unpaired) electrons. The third kappa shape index (κ3) is 8.75. The second-order valence-corrected chi connectivity index (χ2v) is 3.24. The fraction of sp³-hybridized carbons (Fsp3) is 0.700. The van der Waals surface area contributed by atoms with E-state index < -0.39 is 11.9 Å². The lowest BCUT2D eigenvalue weighted by molar-refractivity contribution is -0.151. The van der Waals surface area contributed by atoms with Crippen molar-refractivity contribution in [2.24, 2.45) is 0 Å². The zero-order valence-electron chi connectivity index (χ0n) is 8.73. The van der Waals surface area contributed by atoms with E-state index in [0.717, 1.165) is 0 Å². The molecule has 5 nitrogen and oxygen atoms in total. The quantitative estimate of drug-likeness (QED) is 0.511. The van der Waals surface area contributed by atoms with Gasteiger partial charge >= 0.3 is 11.9 Å². The van der Waals surface area contributed by atoms with Crippen LogP contribution in [0.25, 0.3) is 0 Å². The van der Waals surface area contributed by atoms with Gasteiger partial charge in [-0.1, -0.05) is 0 Å². The van der Waals surface area contributed by atoms with Crippen molar-refractivity contribution in [1.29, 1.82) is 5.26 Å². The first-order chi connectivity index (χ1) is 7.06. The maximum Gasteiger partial charge on any atom is 0.306 e. The number of rotatable bonds is 7. The molecular formula is C10H15NO4. The van der Waals surface area contributed by atoms with E-state index in [1.165, 1.54) is 0 Å². The van der Waals surface area contributed by atoms with Crippen molar-refractivity contribution in [3.63, 3.8) is 0 Å². The number of carbonyl (C=O) groups is 2.